The van der Waals surface area contributed by atoms with E-state index in [-0.39, 0.29) is 34.4 Å². The van der Waals surface area contributed by atoms with E-state index in [1.807, 2.05) is 55.5 Å². The number of carbonyl (C=O) groups is 1. The van der Waals surface area contributed by atoms with Crippen LogP contribution in [0.15, 0.2) is 89.8 Å². The maximum absolute atomic E-state index is 13.4. The normalized spacial score (nSPS) is 12.5. The van der Waals surface area contributed by atoms with Gasteiger partial charge in [-0.3, -0.25) is 4.72 Å². The smallest absolute Gasteiger partial charge is 0.344 e. The molecule has 0 radical (unpaired) electrons. The molecule has 3 aromatic carbocycles. The second-order valence-electron chi connectivity index (χ2n) is 8.20. The Balaban J connectivity index is 1.85. The lowest BCUT2D eigenvalue weighted by molar-refractivity contribution is 0.0529. The van der Waals surface area contributed by atoms with Gasteiger partial charge in [-0.25, -0.2) is 23.2 Å². The van der Waals surface area contributed by atoms with Crippen LogP contribution in [0.1, 0.15) is 35.8 Å². The van der Waals surface area contributed by atoms with Gasteiger partial charge >= 0.3 is 5.97 Å². The zero-order valence-electron chi connectivity index (χ0n) is 19.8. The Morgan fingerprint density at radius 1 is 0.917 bits per heavy atom. The van der Waals surface area contributed by atoms with Gasteiger partial charge in [-0.15, -0.1) is 0 Å². The van der Waals surface area contributed by atoms with E-state index in [4.69, 9.17) is 14.7 Å². The number of benzene rings is 3. The average molecular weight is 501 g/mol. The lowest BCUT2D eigenvalue weighted by atomic mass is 10.1. The third-order valence-corrected chi connectivity index (χ3v) is 7.28. The zero-order chi connectivity index (χ0) is 25.3. The van der Waals surface area contributed by atoms with Gasteiger partial charge in [-0.1, -0.05) is 60.7 Å². The van der Waals surface area contributed by atoms with Crippen LogP contribution in [0.5, 0.6) is 0 Å². The van der Waals surface area contributed by atoms with E-state index in [0.29, 0.717) is 16.7 Å². The average Bonchev–Trinajstić information content (AvgIpc) is 3.19. The number of hydrogen-bond donors (Lipinski definition) is 1. The molecular weight excluding hydrogens is 476 g/mol. The number of anilines is 1. The zero-order valence-corrected chi connectivity index (χ0v) is 20.6. The molecular formula is C27H24N4O4S. The summed E-state index contributed by atoms with van der Waals surface area (Å²) in [6.45, 7) is 3.73. The minimum Gasteiger partial charge on any atom is -0.462 e. The molecule has 9 heteroatoms. The van der Waals surface area contributed by atoms with Gasteiger partial charge in [0.05, 0.1) is 28.6 Å². The van der Waals surface area contributed by atoms with Gasteiger partial charge in [0.15, 0.2) is 5.65 Å². The minimum atomic E-state index is -4.05. The summed E-state index contributed by atoms with van der Waals surface area (Å²) in [5.41, 5.74) is 2.77. The Kier molecular flexibility index (Phi) is 6.15. The highest BCUT2D eigenvalue weighted by atomic mass is 32.2. The summed E-state index contributed by atoms with van der Waals surface area (Å²) in [4.78, 5) is 22.9. The Bertz CT molecular complexity index is 1670. The fourth-order valence-corrected chi connectivity index (χ4v) is 5.29. The van der Waals surface area contributed by atoms with Crippen LogP contribution in [-0.2, 0) is 14.8 Å². The van der Waals surface area contributed by atoms with Crippen LogP contribution in [0.2, 0.25) is 0 Å². The van der Waals surface area contributed by atoms with E-state index >= 15 is 0 Å². The number of para-hydroxylation sites is 2. The molecule has 8 nitrogen and oxygen atoms in total. The maximum Gasteiger partial charge on any atom is 0.344 e. The van der Waals surface area contributed by atoms with Crippen molar-refractivity contribution in [3.05, 3.63) is 96.1 Å². The monoisotopic (exact) mass is 500 g/mol. The molecule has 0 amide bonds. The van der Waals surface area contributed by atoms with E-state index in [2.05, 4.69) is 4.72 Å². The summed E-state index contributed by atoms with van der Waals surface area (Å²) in [7, 11) is -4.05. The molecule has 0 aliphatic rings. The number of ether oxygens (including phenoxy) is 1. The molecule has 0 saturated heterocycles. The molecule has 0 fully saturated rings. The standard InChI is InChI=1S/C27H24N4O4S/c1-3-35-27(32)23-24-26(29-22-17-11-10-16-21(22)28-24)31(18(2)19-12-6-4-7-13-19)25(23)30-36(33,34)20-14-8-5-9-15-20/h4-18,30H,3H2,1-2H3. The highest BCUT2D eigenvalue weighted by molar-refractivity contribution is 7.92. The Labute approximate surface area is 208 Å². The van der Waals surface area contributed by atoms with Crippen molar-refractivity contribution in [3.63, 3.8) is 0 Å². The van der Waals surface area contributed by atoms with Crippen molar-refractivity contribution in [2.45, 2.75) is 24.8 Å². The molecule has 2 aromatic heterocycles. The van der Waals surface area contributed by atoms with Crippen LogP contribution < -0.4 is 4.72 Å². The number of hydrogen-bond acceptors (Lipinski definition) is 6. The van der Waals surface area contributed by atoms with Crippen LogP contribution in [-0.4, -0.2) is 35.5 Å². The number of nitrogens with one attached hydrogen (secondary N) is 1. The van der Waals surface area contributed by atoms with Gasteiger partial charge in [0, 0.05) is 0 Å². The number of sulfonamides is 1. The van der Waals surface area contributed by atoms with E-state index < -0.39 is 16.0 Å². The summed E-state index contributed by atoms with van der Waals surface area (Å²) in [6, 6.07) is 24.5. The fraction of sp³-hybridized carbons (Fsp3) is 0.148. The summed E-state index contributed by atoms with van der Waals surface area (Å²) in [5, 5.41) is 0. The number of carbonyl (C=O) groups excluding carboxylic acids is 1. The van der Waals surface area contributed by atoms with Crippen LogP contribution in [0, 0.1) is 0 Å². The highest BCUT2D eigenvalue weighted by Crippen LogP contribution is 2.36. The predicted octanol–water partition coefficient (Wildman–Crippen LogP) is 5.17. The summed E-state index contributed by atoms with van der Waals surface area (Å²) in [6.07, 6.45) is 0. The summed E-state index contributed by atoms with van der Waals surface area (Å²) < 4.78 is 36.6. The van der Waals surface area contributed by atoms with E-state index in [0.717, 1.165) is 5.56 Å². The molecule has 1 unspecified atom stereocenters. The first-order valence-corrected chi connectivity index (χ1v) is 13.0. The van der Waals surface area contributed by atoms with Crippen LogP contribution in [0.4, 0.5) is 5.82 Å². The molecule has 5 rings (SSSR count). The minimum absolute atomic E-state index is 0.0207. The molecule has 0 bridgehead atoms. The molecule has 1 atom stereocenters. The molecule has 36 heavy (non-hydrogen) atoms. The topological polar surface area (TPSA) is 103 Å². The molecule has 2 heterocycles. The molecule has 0 spiro atoms. The molecule has 1 N–H and O–H groups in total. The third-order valence-electron chi connectivity index (χ3n) is 5.93. The first kappa shape index (κ1) is 23.5. The second-order valence-corrected chi connectivity index (χ2v) is 9.89. The maximum atomic E-state index is 13.4. The van der Waals surface area contributed by atoms with Crippen LogP contribution in [0.25, 0.3) is 22.2 Å². The molecule has 5 aromatic rings. The predicted molar refractivity (Wildman–Crippen MR) is 138 cm³/mol. The van der Waals surface area contributed by atoms with Crippen LogP contribution in [0.3, 0.4) is 0 Å². The molecule has 0 aliphatic heterocycles. The van der Waals surface area contributed by atoms with Crippen molar-refractivity contribution in [2.75, 3.05) is 11.3 Å². The molecule has 0 saturated carbocycles. The second kappa shape index (κ2) is 9.43. The van der Waals surface area contributed by atoms with Crippen molar-refractivity contribution in [1.29, 1.82) is 0 Å². The largest absolute Gasteiger partial charge is 0.462 e. The highest BCUT2D eigenvalue weighted by Gasteiger charge is 2.32. The summed E-state index contributed by atoms with van der Waals surface area (Å²) in [5.74, 6) is -0.629. The number of esters is 1. The van der Waals surface area contributed by atoms with Gasteiger partial charge in [-0.2, -0.15) is 0 Å². The number of nitrogens with zero attached hydrogens (tertiary/aromatic N) is 3. The van der Waals surface area contributed by atoms with Gasteiger partial charge in [0.25, 0.3) is 10.0 Å². The van der Waals surface area contributed by atoms with Crippen LogP contribution >= 0.6 is 0 Å². The summed E-state index contributed by atoms with van der Waals surface area (Å²) >= 11 is 0. The van der Waals surface area contributed by atoms with E-state index in [1.165, 1.54) is 12.1 Å². The van der Waals surface area contributed by atoms with Crippen molar-refractivity contribution >= 4 is 44.0 Å². The van der Waals surface area contributed by atoms with Gasteiger partial charge < -0.3 is 9.30 Å². The third kappa shape index (κ3) is 4.18. The lowest BCUT2D eigenvalue weighted by Gasteiger charge is -2.20. The van der Waals surface area contributed by atoms with Crippen molar-refractivity contribution in [1.82, 2.24) is 14.5 Å². The first-order chi connectivity index (χ1) is 17.4. The number of fused-ring (bicyclic) bond motifs is 2. The molecule has 182 valence electrons. The Hall–Kier alpha value is -4.24. The van der Waals surface area contributed by atoms with Crippen molar-refractivity contribution in [3.8, 4) is 0 Å². The fourth-order valence-electron chi connectivity index (χ4n) is 4.21. The van der Waals surface area contributed by atoms with E-state index in [9.17, 15) is 13.2 Å². The van der Waals surface area contributed by atoms with Gasteiger partial charge in [0.2, 0.25) is 0 Å². The van der Waals surface area contributed by atoms with Crippen molar-refractivity contribution < 1.29 is 17.9 Å². The number of rotatable bonds is 7. The quantitative estimate of drug-likeness (QED) is 0.309. The lowest BCUT2D eigenvalue weighted by Crippen LogP contribution is -2.20. The van der Waals surface area contributed by atoms with Gasteiger partial charge in [-0.05, 0) is 43.7 Å². The van der Waals surface area contributed by atoms with E-state index in [1.54, 1.807) is 35.8 Å². The number of aromatic nitrogens is 3. The SMILES string of the molecule is CCOC(=O)c1c(NS(=O)(=O)c2ccccc2)n(C(C)c2ccccc2)c2nc3ccccc3nc12. The Morgan fingerprint density at radius 2 is 1.50 bits per heavy atom. The molecule has 0 aliphatic carbocycles. The first-order valence-electron chi connectivity index (χ1n) is 11.5. The Morgan fingerprint density at radius 3 is 2.14 bits per heavy atom. The van der Waals surface area contributed by atoms with Gasteiger partial charge in [0.1, 0.15) is 16.9 Å². The van der Waals surface area contributed by atoms with Crippen molar-refractivity contribution in [2.24, 2.45) is 0 Å².